The average Bonchev–Trinajstić information content (AvgIpc) is 2.40. The molecule has 0 aliphatic heterocycles. The molecule has 0 unspecified atom stereocenters. The summed E-state index contributed by atoms with van der Waals surface area (Å²) < 4.78 is 0. The zero-order chi connectivity index (χ0) is 15.4. The van der Waals surface area contributed by atoms with Gasteiger partial charge in [-0.05, 0) is 56.9 Å². The standard InChI is InChI=1S/C15H22N2O2S/c1-8-7-9(2)11(4)13(10(8)3)20-12(5)14(18)17-15(19)16-6/h7,12H,1-6H3,(H2,16,17,18,19)/t12-/m0/s1. The first-order valence-corrected chi connectivity index (χ1v) is 7.42. The number of carbonyl (C=O) groups excluding carboxylic acids is 2. The van der Waals surface area contributed by atoms with Gasteiger partial charge in [-0.15, -0.1) is 11.8 Å². The van der Waals surface area contributed by atoms with Crippen molar-refractivity contribution < 1.29 is 9.59 Å². The molecule has 5 heteroatoms. The average molecular weight is 294 g/mol. The van der Waals surface area contributed by atoms with Crippen molar-refractivity contribution in [3.63, 3.8) is 0 Å². The molecule has 0 aliphatic carbocycles. The number of rotatable bonds is 3. The Labute approximate surface area is 124 Å². The Bertz CT molecular complexity index is 515. The lowest BCUT2D eigenvalue weighted by atomic mass is 10.0. The minimum atomic E-state index is -0.476. The molecule has 2 N–H and O–H groups in total. The Morgan fingerprint density at radius 2 is 1.60 bits per heavy atom. The van der Waals surface area contributed by atoms with Crippen LogP contribution in [-0.4, -0.2) is 24.2 Å². The highest BCUT2D eigenvalue weighted by Gasteiger charge is 2.19. The normalized spacial score (nSPS) is 11.9. The highest BCUT2D eigenvalue weighted by molar-refractivity contribution is 8.00. The van der Waals surface area contributed by atoms with Crippen molar-refractivity contribution in [2.75, 3.05) is 7.05 Å². The zero-order valence-corrected chi connectivity index (χ0v) is 13.7. The van der Waals surface area contributed by atoms with Gasteiger partial charge in [-0.25, -0.2) is 4.79 Å². The van der Waals surface area contributed by atoms with Crippen molar-refractivity contribution in [1.29, 1.82) is 0 Å². The number of aryl methyl sites for hydroxylation is 2. The molecular formula is C15H22N2O2S. The lowest BCUT2D eigenvalue weighted by Crippen LogP contribution is -2.41. The maximum absolute atomic E-state index is 11.9. The van der Waals surface area contributed by atoms with Gasteiger partial charge in [0.25, 0.3) is 0 Å². The first-order valence-electron chi connectivity index (χ1n) is 6.54. The van der Waals surface area contributed by atoms with E-state index in [0.717, 1.165) is 4.90 Å². The number of benzene rings is 1. The molecule has 1 aromatic rings. The van der Waals surface area contributed by atoms with Crippen molar-refractivity contribution in [2.24, 2.45) is 0 Å². The number of amides is 3. The van der Waals surface area contributed by atoms with Gasteiger partial charge in [0, 0.05) is 11.9 Å². The molecule has 0 spiro atoms. The second-order valence-corrected chi connectivity index (χ2v) is 6.27. The molecule has 0 aliphatic rings. The van der Waals surface area contributed by atoms with Crippen LogP contribution in [0.1, 0.15) is 29.2 Å². The van der Waals surface area contributed by atoms with E-state index in [1.165, 1.54) is 41.1 Å². The molecule has 0 radical (unpaired) electrons. The first kappa shape index (κ1) is 16.6. The SMILES string of the molecule is CNC(=O)NC(=O)[C@H](C)Sc1c(C)c(C)cc(C)c1C. The number of imide groups is 1. The van der Waals surface area contributed by atoms with Gasteiger partial charge in [-0.1, -0.05) is 6.07 Å². The minimum Gasteiger partial charge on any atom is -0.341 e. The van der Waals surface area contributed by atoms with E-state index in [-0.39, 0.29) is 11.2 Å². The van der Waals surface area contributed by atoms with Crippen LogP contribution in [0.3, 0.4) is 0 Å². The molecule has 0 bridgehead atoms. The van der Waals surface area contributed by atoms with Crippen LogP contribution in [0.5, 0.6) is 0 Å². The number of hydrogen-bond acceptors (Lipinski definition) is 3. The highest BCUT2D eigenvalue weighted by Crippen LogP contribution is 2.33. The Balaban J connectivity index is 2.93. The molecule has 1 aromatic carbocycles. The van der Waals surface area contributed by atoms with E-state index in [1.807, 2.05) is 0 Å². The predicted octanol–water partition coefficient (Wildman–Crippen LogP) is 2.86. The van der Waals surface area contributed by atoms with Crippen LogP contribution >= 0.6 is 11.8 Å². The Morgan fingerprint density at radius 1 is 1.10 bits per heavy atom. The molecular weight excluding hydrogens is 272 g/mol. The fourth-order valence-corrected chi connectivity index (χ4v) is 3.06. The van der Waals surface area contributed by atoms with Crippen molar-refractivity contribution in [3.05, 3.63) is 28.3 Å². The molecule has 0 aromatic heterocycles. The fourth-order valence-electron chi connectivity index (χ4n) is 1.86. The summed E-state index contributed by atoms with van der Waals surface area (Å²) in [4.78, 5) is 24.2. The number of urea groups is 1. The van der Waals surface area contributed by atoms with Gasteiger partial charge in [-0.2, -0.15) is 0 Å². The summed E-state index contributed by atoms with van der Waals surface area (Å²) in [6.07, 6.45) is 0. The molecule has 0 saturated carbocycles. The van der Waals surface area contributed by atoms with Crippen LogP contribution < -0.4 is 10.6 Å². The monoisotopic (exact) mass is 294 g/mol. The summed E-state index contributed by atoms with van der Waals surface area (Å²) in [5, 5.41) is 4.36. The van der Waals surface area contributed by atoms with E-state index in [9.17, 15) is 9.59 Å². The highest BCUT2D eigenvalue weighted by atomic mass is 32.2. The summed E-state index contributed by atoms with van der Waals surface area (Å²) in [6, 6.07) is 1.68. The van der Waals surface area contributed by atoms with Gasteiger partial charge in [0.05, 0.1) is 5.25 Å². The third-order valence-electron chi connectivity index (χ3n) is 3.42. The second kappa shape index (κ2) is 6.79. The number of hydrogen-bond donors (Lipinski definition) is 2. The topological polar surface area (TPSA) is 58.2 Å². The summed E-state index contributed by atoms with van der Waals surface area (Å²) in [6.45, 7) is 10.1. The summed E-state index contributed by atoms with van der Waals surface area (Å²) in [5.41, 5.74) is 4.82. The maximum Gasteiger partial charge on any atom is 0.321 e. The lowest BCUT2D eigenvalue weighted by molar-refractivity contribution is -0.119. The van der Waals surface area contributed by atoms with Crippen molar-refractivity contribution >= 4 is 23.7 Å². The van der Waals surface area contributed by atoms with Crippen LogP contribution in [0.2, 0.25) is 0 Å². The molecule has 0 fully saturated rings. The first-order chi connectivity index (χ1) is 9.27. The van der Waals surface area contributed by atoms with Gasteiger partial charge in [0.2, 0.25) is 5.91 Å². The Kier molecular flexibility index (Phi) is 5.62. The summed E-state index contributed by atoms with van der Waals surface area (Å²) in [5.74, 6) is -0.285. The quantitative estimate of drug-likeness (QED) is 0.843. The number of thioether (sulfide) groups is 1. The fraction of sp³-hybridized carbons (Fsp3) is 0.467. The second-order valence-electron chi connectivity index (χ2n) is 4.92. The van der Waals surface area contributed by atoms with E-state index >= 15 is 0 Å². The predicted molar refractivity (Wildman–Crippen MR) is 83.3 cm³/mol. The van der Waals surface area contributed by atoms with E-state index in [1.54, 1.807) is 6.92 Å². The van der Waals surface area contributed by atoms with Gasteiger partial charge >= 0.3 is 6.03 Å². The van der Waals surface area contributed by atoms with Crippen molar-refractivity contribution in [3.8, 4) is 0 Å². The third-order valence-corrected chi connectivity index (χ3v) is 4.84. The largest absolute Gasteiger partial charge is 0.341 e. The zero-order valence-electron chi connectivity index (χ0n) is 12.9. The minimum absolute atomic E-state index is 0.285. The van der Waals surface area contributed by atoms with Crippen LogP contribution in [0.25, 0.3) is 0 Å². The Morgan fingerprint density at radius 3 is 2.05 bits per heavy atom. The smallest absolute Gasteiger partial charge is 0.321 e. The van der Waals surface area contributed by atoms with Crippen molar-refractivity contribution in [2.45, 2.75) is 44.8 Å². The molecule has 4 nitrogen and oxygen atoms in total. The van der Waals surface area contributed by atoms with E-state index < -0.39 is 6.03 Å². The van der Waals surface area contributed by atoms with Crippen molar-refractivity contribution in [1.82, 2.24) is 10.6 Å². The number of carbonyl (C=O) groups is 2. The molecule has 3 amide bonds. The van der Waals surface area contributed by atoms with E-state index in [2.05, 4.69) is 44.4 Å². The van der Waals surface area contributed by atoms with Gasteiger partial charge < -0.3 is 5.32 Å². The van der Waals surface area contributed by atoms with Crippen LogP contribution in [0.15, 0.2) is 11.0 Å². The summed E-state index contributed by atoms with van der Waals surface area (Å²) in [7, 11) is 1.48. The van der Waals surface area contributed by atoms with Gasteiger partial charge in [0.1, 0.15) is 0 Å². The van der Waals surface area contributed by atoms with Crippen LogP contribution in [0.4, 0.5) is 4.79 Å². The van der Waals surface area contributed by atoms with Gasteiger partial charge in [-0.3, -0.25) is 10.1 Å². The molecule has 20 heavy (non-hydrogen) atoms. The molecule has 0 saturated heterocycles. The molecule has 1 rings (SSSR count). The Hall–Kier alpha value is -1.49. The van der Waals surface area contributed by atoms with E-state index in [4.69, 9.17) is 0 Å². The van der Waals surface area contributed by atoms with Crippen LogP contribution in [-0.2, 0) is 4.79 Å². The number of nitrogens with one attached hydrogen (secondary N) is 2. The summed E-state index contributed by atoms with van der Waals surface area (Å²) >= 11 is 1.49. The van der Waals surface area contributed by atoms with Gasteiger partial charge in [0.15, 0.2) is 0 Å². The maximum atomic E-state index is 11.9. The lowest BCUT2D eigenvalue weighted by Gasteiger charge is -2.18. The van der Waals surface area contributed by atoms with E-state index in [0.29, 0.717) is 0 Å². The molecule has 110 valence electrons. The molecule has 1 atom stereocenters. The third kappa shape index (κ3) is 3.76. The van der Waals surface area contributed by atoms with Crippen LogP contribution in [0, 0.1) is 27.7 Å². The molecule has 0 heterocycles.